The minimum atomic E-state index is -0.512. The standard InChI is InChI=1S/C25H28N4O2/c1-24(2,19-6-4-3-5-7-19)28-23(31)27-20-9-10-21-18(16-20)8-11-22(30)29(21)17-25(12-13-25)14-15-26/h3-7,9-10,16H,8,11-14,17H2,1-2H3,(H2,27,28,31). The normalized spacial score (nSPS) is 16.8. The first-order chi connectivity index (χ1) is 14.8. The quantitative estimate of drug-likeness (QED) is 0.715. The van der Waals surface area contributed by atoms with E-state index in [1.165, 1.54) is 0 Å². The lowest BCUT2D eigenvalue weighted by molar-refractivity contribution is -0.119. The lowest BCUT2D eigenvalue weighted by Crippen LogP contribution is -2.43. The van der Waals surface area contributed by atoms with Gasteiger partial charge in [-0.3, -0.25) is 4.79 Å². The highest BCUT2D eigenvalue weighted by atomic mass is 16.2. The number of nitriles is 1. The molecule has 31 heavy (non-hydrogen) atoms. The molecule has 0 unspecified atom stereocenters. The monoisotopic (exact) mass is 416 g/mol. The first-order valence-electron chi connectivity index (χ1n) is 10.8. The van der Waals surface area contributed by atoms with Crippen molar-refractivity contribution in [3.8, 4) is 6.07 Å². The summed E-state index contributed by atoms with van der Waals surface area (Å²) in [5, 5.41) is 15.1. The Labute approximate surface area is 183 Å². The van der Waals surface area contributed by atoms with Crippen molar-refractivity contribution in [3.05, 3.63) is 59.7 Å². The zero-order valence-corrected chi connectivity index (χ0v) is 18.1. The van der Waals surface area contributed by atoms with E-state index in [4.69, 9.17) is 5.26 Å². The van der Waals surface area contributed by atoms with E-state index < -0.39 is 5.54 Å². The van der Waals surface area contributed by atoms with E-state index in [1.807, 2.05) is 67.3 Å². The van der Waals surface area contributed by atoms with Gasteiger partial charge in [0.25, 0.3) is 0 Å². The fraction of sp³-hybridized carbons (Fsp3) is 0.400. The topological polar surface area (TPSA) is 85.2 Å². The smallest absolute Gasteiger partial charge is 0.319 e. The highest BCUT2D eigenvalue weighted by Gasteiger charge is 2.45. The van der Waals surface area contributed by atoms with Gasteiger partial charge in [-0.05, 0) is 62.4 Å². The van der Waals surface area contributed by atoms with Crippen LogP contribution >= 0.6 is 0 Å². The van der Waals surface area contributed by atoms with E-state index in [9.17, 15) is 9.59 Å². The second-order valence-electron chi connectivity index (χ2n) is 9.23. The molecule has 6 heteroatoms. The van der Waals surface area contributed by atoms with Crippen molar-refractivity contribution in [2.75, 3.05) is 16.8 Å². The summed E-state index contributed by atoms with van der Waals surface area (Å²) in [5.41, 5.74) is 3.12. The molecule has 160 valence electrons. The number of aryl methyl sites for hydroxylation is 1. The van der Waals surface area contributed by atoms with Crippen LogP contribution in [0.25, 0.3) is 0 Å². The number of carbonyl (C=O) groups excluding carboxylic acids is 2. The van der Waals surface area contributed by atoms with Crippen molar-refractivity contribution in [1.29, 1.82) is 5.26 Å². The Balaban J connectivity index is 1.46. The Morgan fingerprint density at radius 3 is 2.58 bits per heavy atom. The Bertz CT molecular complexity index is 1040. The third kappa shape index (κ3) is 4.56. The zero-order valence-electron chi connectivity index (χ0n) is 18.1. The van der Waals surface area contributed by atoms with Crippen molar-refractivity contribution in [1.82, 2.24) is 5.32 Å². The molecule has 6 nitrogen and oxygen atoms in total. The molecule has 1 heterocycles. The van der Waals surface area contributed by atoms with E-state index >= 15 is 0 Å². The number of rotatable bonds is 6. The molecule has 0 radical (unpaired) electrons. The van der Waals surface area contributed by atoms with Gasteiger partial charge in [-0.2, -0.15) is 5.26 Å². The van der Waals surface area contributed by atoms with Crippen LogP contribution in [0, 0.1) is 16.7 Å². The number of hydrogen-bond acceptors (Lipinski definition) is 3. The lowest BCUT2D eigenvalue weighted by atomic mass is 9.94. The fourth-order valence-corrected chi connectivity index (χ4v) is 4.25. The maximum absolute atomic E-state index is 12.6. The Morgan fingerprint density at radius 1 is 1.16 bits per heavy atom. The fourth-order valence-electron chi connectivity index (χ4n) is 4.25. The number of benzene rings is 2. The van der Waals surface area contributed by atoms with Gasteiger partial charge in [0, 0.05) is 36.2 Å². The summed E-state index contributed by atoms with van der Waals surface area (Å²) in [6.45, 7) is 4.53. The molecule has 3 amide bonds. The van der Waals surface area contributed by atoms with Crippen LogP contribution in [0.5, 0.6) is 0 Å². The average Bonchev–Trinajstić information content (AvgIpc) is 3.50. The SMILES string of the molecule is CC(C)(NC(=O)Nc1ccc2c(c1)CCC(=O)N2CC1(CC#N)CC1)c1ccccc1. The molecule has 0 bridgehead atoms. The predicted molar refractivity (Wildman–Crippen MR) is 121 cm³/mol. The summed E-state index contributed by atoms with van der Waals surface area (Å²) in [6.07, 6.45) is 3.59. The van der Waals surface area contributed by atoms with Crippen molar-refractivity contribution in [2.45, 2.75) is 51.5 Å². The summed E-state index contributed by atoms with van der Waals surface area (Å²) in [6, 6.07) is 17.5. The second kappa shape index (κ2) is 8.07. The van der Waals surface area contributed by atoms with Crippen LogP contribution in [0.15, 0.2) is 48.5 Å². The number of amides is 3. The summed E-state index contributed by atoms with van der Waals surface area (Å²) < 4.78 is 0. The van der Waals surface area contributed by atoms with Gasteiger partial charge in [0.2, 0.25) is 5.91 Å². The van der Waals surface area contributed by atoms with Crippen molar-refractivity contribution in [2.24, 2.45) is 5.41 Å². The molecule has 2 aliphatic rings. The van der Waals surface area contributed by atoms with Crippen LogP contribution in [0.3, 0.4) is 0 Å². The van der Waals surface area contributed by atoms with Crippen LogP contribution < -0.4 is 15.5 Å². The molecule has 0 atom stereocenters. The zero-order chi connectivity index (χ0) is 22.1. The number of urea groups is 1. The Kier molecular flexibility index (Phi) is 5.45. The summed E-state index contributed by atoms with van der Waals surface area (Å²) in [5.74, 6) is 0.111. The van der Waals surface area contributed by atoms with Crippen LogP contribution in [0.2, 0.25) is 0 Å². The molecule has 2 aromatic rings. The molecule has 0 spiro atoms. The van der Waals surface area contributed by atoms with Gasteiger partial charge >= 0.3 is 6.03 Å². The van der Waals surface area contributed by atoms with E-state index in [0.717, 1.165) is 29.7 Å². The molecule has 2 N–H and O–H groups in total. The highest BCUT2D eigenvalue weighted by Crippen LogP contribution is 2.50. The molecular weight excluding hydrogens is 388 g/mol. The molecule has 1 aliphatic carbocycles. The van der Waals surface area contributed by atoms with Crippen LogP contribution in [-0.2, 0) is 16.8 Å². The Hall–Kier alpha value is -3.33. The van der Waals surface area contributed by atoms with Gasteiger partial charge in [0.15, 0.2) is 0 Å². The third-order valence-corrected chi connectivity index (χ3v) is 6.36. The lowest BCUT2D eigenvalue weighted by Gasteiger charge is -2.32. The predicted octanol–water partition coefficient (Wildman–Crippen LogP) is 4.72. The maximum Gasteiger partial charge on any atom is 0.319 e. The van der Waals surface area contributed by atoms with Gasteiger partial charge in [-0.25, -0.2) is 4.79 Å². The molecule has 1 aliphatic heterocycles. The number of nitrogens with zero attached hydrogens (tertiary/aromatic N) is 2. The third-order valence-electron chi connectivity index (χ3n) is 6.36. The largest absolute Gasteiger partial charge is 0.329 e. The molecule has 0 aromatic heterocycles. The van der Waals surface area contributed by atoms with Crippen LogP contribution in [0.4, 0.5) is 16.2 Å². The number of fused-ring (bicyclic) bond motifs is 1. The second-order valence-corrected chi connectivity index (χ2v) is 9.23. The number of hydrogen-bond donors (Lipinski definition) is 2. The number of carbonyl (C=O) groups is 2. The van der Waals surface area contributed by atoms with Crippen LogP contribution in [-0.4, -0.2) is 18.5 Å². The van der Waals surface area contributed by atoms with E-state index in [2.05, 4.69) is 16.7 Å². The minimum absolute atomic E-state index is 0.0428. The molecule has 1 saturated carbocycles. The Morgan fingerprint density at radius 2 is 1.90 bits per heavy atom. The molecule has 0 saturated heterocycles. The first-order valence-corrected chi connectivity index (χ1v) is 10.8. The summed E-state index contributed by atoms with van der Waals surface area (Å²) >= 11 is 0. The maximum atomic E-state index is 12.6. The average molecular weight is 417 g/mol. The van der Waals surface area contributed by atoms with Gasteiger partial charge < -0.3 is 15.5 Å². The molecular formula is C25H28N4O2. The molecule has 1 fully saturated rings. The van der Waals surface area contributed by atoms with E-state index in [0.29, 0.717) is 31.5 Å². The van der Waals surface area contributed by atoms with Gasteiger partial charge in [0.1, 0.15) is 0 Å². The first kappa shape index (κ1) is 20.9. The van der Waals surface area contributed by atoms with Gasteiger partial charge in [-0.1, -0.05) is 30.3 Å². The van der Waals surface area contributed by atoms with E-state index in [1.54, 1.807) is 0 Å². The molecule has 2 aromatic carbocycles. The van der Waals surface area contributed by atoms with E-state index in [-0.39, 0.29) is 17.4 Å². The van der Waals surface area contributed by atoms with Gasteiger partial charge in [0.05, 0.1) is 11.6 Å². The molecule has 4 rings (SSSR count). The van der Waals surface area contributed by atoms with Crippen LogP contribution in [0.1, 0.15) is 50.7 Å². The number of nitrogens with one attached hydrogen (secondary N) is 2. The minimum Gasteiger partial charge on any atom is -0.329 e. The van der Waals surface area contributed by atoms with Crippen molar-refractivity contribution < 1.29 is 9.59 Å². The summed E-state index contributed by atoms with van der Waals surface area (Å²) in [4.78, 5) is 27.1. The van der Waals surface area contributed by atoms with Crippen molar-refractivity contribution >= 4 is 23.3 Å². The highest BCUT2D eigenvalue weighted by molar-refractivity contribution is 5.97. The van der Waals surface area contributed by atoms with Gasteiger partial charge in [-0.15, -0.1) is 0 Å². The number of anilines is 2. The summed E-state index contributed by atoms with van der Waals surface area (Å²) in [7, 11) is 0. The van der Waals surface area contributed by atoms with Crippen molar-refractivity contribution in [3.63, 3.8) is 0 Å².